The quantitative estimate of drug-likeness (QED) is 0.0577. The summed E-state index contributed by atoms with van der Waals surface area (Å²) in [4.78, 5) is 51.9. The third-order valence-electron chi connectivity index (χ3n) is 9.92. The van der Waals surface area contributed by atoms with Gasteiger partial charge in [-0.2, -0.15) is 31.4 Å². The SMILES string of the molecule is COC(=O)N[C@H](C(=O)N[C@@H](Cc1ccc(I)cc1)[C@@H](O)CN(Cc1c(F)cc(-c2ccn(C(C)F)n2)cc1F)NC(=O)[C@@H](NC(=O)OC)C(C)(C)C(F)(F)F)C(C)(C)C(F)(F)F. The summed E-state index contributed by atoms with van der Waals surface area (Å²) in [6.07, 6.45) is -16.0. The van der Waals surface area contributed by atoms with E-state index in [0.29, 0.717) is 38.3 Å². The fourth-order valence-corrected chi connectivity index (χ4v) is 6.12. The summed E-state index contributed by atoms with van der Waals surface area (Å²) in [5.74, 6) is -5.76. The first kappa shape index (κ1) is 51.5. The van der Waals surface area contributed by atoms with Gasteiger partial charge in [0.2, 0.25) is 5.91 Å². The van der Waals surface area contributed by atoms with E-state index in [2.05, 4.69) is 19.9 Å². The second-order valence-corrected chi connectivity index (χ2v) is 16.4. The molecule has 1 heterocycles. The number of carbonyl (C=O) groups excluding carboxylic acids is 4. The van der Waals surface area contributed by atoms with Gasteiger partial charge >= 0.3 is 24.5 Å². The average molecular weight is 1010 g/mol. The summed E-state index contributed by atoms with van der Waals surface area (Å²) >= 11 is 1.97. The van der Waals surface area contributed by atoms with Gasteiger partial charge in [0.15, 0.2) is 6.30 Å². The van der Waals surface area contributed by atoms with Crippen LogP contribution in [0, 0.1) is 26.0 Å². The van der Waals surface area contributed by atoms with Gasteiger partial charge in [-0.05, 0) is 99.5 Å². The number of amides is 4. The molecule has 0 aliphatic heterocycles. The van der Waals surface area contributed by atoms with Crippen LogP contribution in [0.25, 0.3) is 11.3 Å². The Labute approximate surface area is 363 Å². The summed E-state index contributed by atoms with van der Waals surface area (Å²) in [7, 11) is 1.63. The summed E-state index contributed by atoms with van der Waals surface area (Å²) in [5, 5.41) is 22.1. The molecule has 344 valence electrons. The standard InChI is InChI=1S/C38H45F9IN7O7/c1-19(39)55-13-12-26(52-55)21-15-24(40)23(25(41)16-21)17-54(53-32(58)30(51-34(60)62-7)36(4,5)38(45,46)47)18-28(56)27(14-20-8-10-22(48)11-9-20)49-31(57)29(50-33(59)61-6)35(2,3)37(42,43)44/h8-13,15-16,19,27-30,56H,14,17-18H2,1-7H3,(H,49,57)(H,50,59)(H,51,60)(H,53,58)/t19?,27-,28-,29+,30+/m0/s1. The summed E-state index contributed by atoms with van der Waals surface area (Å²) < 4.78 is 142. The molecule has 62 heavy (non-hydrogen) atoms. The first-order valence-electron chi connectivity index (χ1n) is 18.3. The Hall–Kier alpha value is -4.85. The molecule has 3 rings (SSSR count). The van der Waals surface area contributed by atoms with Crippen LogP contribution in [0.5, 0.6) is 0 Å². The number of aliphatic hydroxyl groups excluding tert-OH is 1. The maximum atomic E-state index is 15.8. The fourth-order valence-electron chi connectivity index (χ4n) is 5.76. The molecule has 3 aromatic rings. The maximum Gasteiger partial charge on any atom is 0.407 e. The highest BCUT2D eigenvalue weighted by Gasteiger charge is 2.57. The second-order valence-electron chi connectivity index (χ2n) is 15.1. The van der Waals surface area contributed by atoms with Crippen LogP contribution >= 0.6 is 22.6 Å². The summed E-state index contributed by atoms with van der Waals surface area (Å²) in [5.41, 5.74) is -4.71. The molecule has 5 N–H and O–H groups in total. The van der Waals surface area contributed by atoms with E-state index in [1.807, 2.05) is 33.3 Å². The first-order chi connectivity index (χ1) is 28.5. The van der Waals surface area contributed by atoms with Crippen LogP contribution in [0.2, 0.25) is 0 Å². The third-order valence-corrected chi connectivity index (χ3v) is 10.6. The van der Waals surface area contributed by atoms with Gasteiger partial charge in [-0.25, -0.2) is 32.5 Å². The number of hydrogen-bond donors (Lipinski definition) is 5. The Morgan fingerprint density at radius 3 is 1.74 bits per heavy atom. The number of carbonyl (C=O) groups is 4. The van der Waals surface area contributed by atoms with Crippen molar-refractivity contribution >= 4 is 46.6 Å². The van der Waals surface area contributed by atoms with Gasteiger partial charge in [0.05, 0.1) is 42.9 Å². The van der Waals surface area contributed by atoms with Gasteiger partial charge in [0, 0.05) is 34.0 Å². The average Bonchev–Trinajstić information content (AvgIpc) is 3.67. The molecule has 1 aromatic heterocycles. The number of methoxy groups -OCH3 is 2. The van der Waals surface area contributed by atoms with E-state index in [1.165, 1.54) is 24.4 Å². The van der Waals surface area contributed by atoms with E-state index in [1.54, 1.807) is 17.4 Å². The van der Waals surface area contributed by atoms with Gasteiger partial charge in [-0.1, -0.05) is 12.1 Å². The van der Waals surface area contributed by atoms with Gasteiger partial charge in [0.1, 0.15) is 23.7 Å². The zero-order valence-corrected chi connectivity index (χ0v) is 36.3. The minimum Gasteiger partial charge on any atom is -0.453 e. The third kappa shape index (κ3) is 12.9. The number of alkyl carbamates (subject to hydrolysis) is 2. The van der Waals surface area contributed by atoms with Crippen molar-refractivity contribution < 1.29 is 73.3 Å². The van der Waals surface area contributed by atoms with Crippen LogP contribution in [-0.2, 0) is 32.0 Å². The van der Waals surface area contributed by atoms with Crippen molar-refractivity contribution in [2.45, 2.75) is 90.5 Å². The van der Waals surface area contributed by atoms with Gasteiger partial charge in [0.25, 0.3) is 5.91 Å². The Morgan fingerprint density at radius 2 is 1.31 bits per heavy atom. The van der Waals surface area contributed by atoms with Gasteiger partial charge < -0.3 is 30.5 Å². The number of alkyl halides is 7. The smallest absolute Gasteiger partial charge is 0.407 e. The zero-order chi connectivity index (χ0) is 47.1. The van der Waals surface area contributed by atoms with E-state index in [9.17, 15) is 55.0 Å². The number of benzene rings is 2. The van der Waals surface area contributed by atoms with Crippen LogP contribution in [0.15, 0.2) is 48.7 Å². The lowest BCUT2D eigenvalue weighted by molar-refractivity contribution is -0.221. The maximum absolute atomic E-state index is 15.8. The predicted octanol–water partition coefficient (Wildman–Crippen LogP) is 6.47. The Balaban J connectivity index is 2.16. The molecule has 0 bridgehead atoms. The van der Waals surface area contributed by atoms with Crippen molar-refractivity contribution in [3.63, 3.8) is 0 Å². The lowest BCUT2D eigenvalue weighted by Crippen LogP contribution is -2.63. The minimum absolute atomic E-state index is 0.0617. The number of halogens is 10. The molecule has 0 spiro atoms. The lowest BCUT2D eigenvalue weighted by atomic mass is 9.82. The van der Waals surface area contributed by atoms with E-state index in [4.69, 9.17) is 0 Å². The van der Waals surface area contributed by atoms with E-state index < -0.39 is 108 Å². The van der Waals surface area contributed by atoms with Crippen molar-refractivity contribution in [3.05, 3.63) is 75.0 Å². The molecule has 0 saturated carbocycles. The molecular formula is C38H45F9IN7O7. The lowest BCUT2D eigenvalue weighted by Gasteiger charge is -2.38. The molecule has 14 nitrogen and oxygen atoms in total. The number of rotatable bonds is 17. The number of hydrazine groups is 1. The molecule has 5 atom stereocenters. The largest absolute Gasteiger partial charge is 0.453 e. The van der Waals surface area contributed by atoms with Crippen LogP contribution in [-0.4, -0.2) is 101 Å². The number of hydrogen-bond acceptors (Lipinski definition) is 9. The molecule has 4 amide bonds. The molecule has 1 unspecified atom stereocenters. The van der Waals surface area contributed by atoms with E-state index in [0.717, 1.165) is 41.5 Å². The van der Waals surface area contributed by atoms with Gasteiger partial charge in [-0.15, -0.1) is 0 Å². The van der Waals surface area contributed by atoms with Crippen LogP contribution in [0.1, 0.15) is 52.0 Å². The van der Waals surface area contributed by atoms with E-state index in [-0.39, 0.29) is 17.7 Å². The van der Waals surface area contributed by atoms with Crippen molar-refractivity contribution in [3.8, 4) is 11.3 Å². The fraction of sp³-hybridized carbons (Fsp3) is 0.500. The van der Waals surface area contributed by atoms with E-state index >= 15 is 8.78 Å². The van der Waals surface area contributed by atoms with Crippen molar-refractivity contribution in [2.24, 2.45) is 10.8 Å². The number of nitrogens with one attached hydrogen (secondary N) is 4. The Morgan fingerprint density at radius 1 is 0.823 bits per heavy atom. The van der Waals surface area contributed by atoms with Crippen LogP contribution < -0.4 is 21.4 Å². The molecular weight excluding hydrogens is 964 g/mol. The topological polar surface area (TPSA) is 176 Å². The summed E-state index contributed by atoms with van der Waals surface area (Å²) in [6, 6.07) is 2.55. The molecule has 0 aliphatic carbocycles. The van der Waals surface area contributed by atoms with Gasteiger partial charge in [-0.3, -0.25) is 15.0 Å². The Kier molecular flexibility index (Phi) is 17.1. The molecule has 0 radical (unpaired) electrons. The number of nitrogens with zero attached hydrogens (tertiary/aromatic N) is 3. The molecule has 0 aliphatic rings. The number of aromatic nitrogens is 2. The highest BCUT2D eigenvalue weighted by atomic mass is 127. The molecule has 24 heteroatoms. The highest BCUT2D eigenvalue weighted by Crippen LogP contribution is 2.42. The monoisotopic (exact) mass is 1010 g/mol. The zero-order valence-electron chi connectivity index (χ0n) is 34.1. The molecule has 0 fully saturated rings. The summed E-state index contributed by atoms with van der Waals surface area (Å²) in [6.45, 7) is 1.39. The minimum atomic E-state index is -5.18. The normalized spacial score (nSPS) is 14.9. The number of aliphatic hydroxyl groups is 1. The Bertz CT molecular complexity index is 2030. The second kappa shape index (κ2) is 20.6. The van der Waals surface area contributed by atoms with Crippen molar-refractivity contribution in [1.29, 1.82) is 0 Å². The number of ether oxygens (including phenoxy) is 2. The first-order valence-corrected chi connectivity index (χ1v) is 19.4. The molecule has 0 saturated heterocycles. The van der Waals surface area contributed by atoms with Crippen LogP contribution in [0.4, 0.5) is 49.1 Å². The van der Waals surface area contributed by atoms with Crippen LogP contribution in [0.3, 0.4) is 0 Å². The molecule has 2 aromatic carbocycles. The van der Waals surface area contributed by atoms with Crippen molar-refractivity contribution in [1.82, 2.24) is 36.2 Å². The van der Waals surface area contributed by atoms with Crippen molar-refractivity contribution in [2.75, 3.05) is 20.8 Å². The highest BCUT2D eigenvalue weighted by molar-refractivity contribution is 14.1. The predicted molar refractivity (Wildman–Crippen MR) is 211 cm³/mol.